The Morgan fingerprint density at radius 1 is 1.06 bits per heavy atom. The van der Waals surface area contributed by atoms with Crippen molar-refractivity contribution in [2.24, 2.45) is 0 Å². The average molecular weight is 412 g/mol. The van der Waals surface area contributed by atoms with E-state index in [1.165, 1.54) is 18.2 Å². The molecule has 3 aromatic carbocycles. The summed E-state index contributed by atoms with van der Waals surface area (Å²) < 4.78 is 0. The minimum atomic E-state index is -0.463. The first kappa shape index (κ1) is 20.0. The number of imidazole rings is 1. The molecule has 7 nitrogen and oxygen atoms in total. The number of hydrogen-bond acceptors (Lipinski definition) is 4. The van der Waals surface area contributed by atoms with Crippen LogP contribution in [0.3, 0.4) is 0 Å². The van der Waals surface area contributed by atoms with E-state index in [0.29, 0.717) is 17.8 Å². The molecule has 0 saturated heterocycles. The number of non-ortho nitro benzene ring substituents is 1. The van der Waals surface area contributed by atoms with E-state index >= 15 is 0 Å². The summed E-state index contributed by atoms with van der Waals surface area (Å²) in [4.78, 5) is 31.1. The van der Waals surface area contributed by atoms with Crippen LogP contribution in [-0.4, -0.2) is 20.8 Å². The van der Waals surface area contributed by atoms with Gasteiger partial charge in [0, 0.05) is 18.2 Å². The zero-order valence-electron chi connectivity index (χ0n) is 16.6. The highest BCUT2D eigenvalue weighted by atomic mass is 16.6. The van der Waals surface area contributed by atoms with E-state index in [-0.39, 0.29) is 17.6 Å². The van der Waals surface area contributed by atoms with Gasteiger partial charge in [-0.05, 0) is 35.8 Å². The molecule has 1 heterocycles. The van der Waals surface area contributed by atoms with Crippen molar-refractivity contribution >= 4 is 28.7 Å². The van der Waals surface area contributed by atoms with Crippen LogP contribution in [0.2, 0.25) is 0 Å². The molecule has 1 amide bonds. The van der Waals surface area contributed by atoms with Crippen LogP contribution in [0.1, 0.15) is 23.0 Å². The van der Waals surface area contributed by atoms with Crippen molar-refractivity contribution in [3.8, 4) is 0 Å². The topological polar surface area (TPSA) is 101 Å². The molecule has 4 rings (SSSR count). The Hall–Kier alpha value is -4.26. The van der Waals surface area contributed by atoms with E-state index in [4.69, 9.17) is 0 Å². The zero-order chi connectivity index (χ0) is 21.6. The van der Waals surface area contributed by atoms with Crippen molar-refractivity contribution < 1.29 is 9.72 Å². The molecular formula is C24H20N4O3. The molecule has 0 aliphatic rings. The Bertz CT molecular complexity index is 1210. The van der Waals surface area contributed by atoms with Crippen LogP contribution >= 0.6 is 0 Å². The minimum Gasteiger partial charge on any atom is -0.342 e. The second-order valence-corrected chi connectivity index (χ2v) is 7.08. The van der Waals surface area contributed by atoms with Gasteiger partial charge in [-0.15, -0.1) is 0 Å². The second kappa shape index (κ2) is 9.04. The van der Waals surface area contributed by atoms with Crippen LogP contribution in [0.5, 0.6) is 0 Å². The number of rotatable bonds is 7. The van der Waals surface area contributed by atoms with Crippen molar-refractivity contribution in [2.75, 3.05) is 0 Å². The Kier molecular flexibility index (Phi) is 5.84. The van der Waals surface area contributed by atoms with Gasteiger partial charge in [0.2, 0.25) is 5.91 Å². The van der Waals surface area contributed by atoms with Gasteiger partial charge in [-0.3, -0.25) is 14.9 Å². The van der Waals surface area contributed by atoms with Crippen LogP contribution in [0, 0.1) is 10.1 Å². The predicted octanol–water partition coefficient (Wildman–Crippen LogP) is 4.58. The maximum atomic E-state index is 12.7. The van der Waals surface area contributed by atoms with Gasteiger partial charge in [0.25, 0.3) is 5.69 Å². The maximum absolute atomic E-state index is 12.7. The molecule has 2 N–H and O–H groups in total. The number of benzene rings is 3. The predicted molar refractivity (Wildman–Crippen MR) is 119 cm³/mol. The summed E-state index contributed by atoms with van der Waals surface area (Å²) in [5.41, 5.74) is 3.35. The third kappa shape index (κ3) is 5.02. The van der Waals surface area contributed by atoms with Gasteiger partial charge in [0.05, 0.1) is 22.0 Å². The number of nitro benzene ring substituents is 1. The number of aromatic nitrogens is 2. The highest BCUT2D eigenvalue weighted by Gasteiger charge is 2.18. The lowest BCUT2D eigenvalue weighted by atomic mass is 10.1. The van der Waals surface area contributed by atoms with Gasteiger partial charge in [-0.2, -0.15) is 0 Å². The van der Waals surface area contributed by atoms with Gasteiger partial charge >= 0.3 is 0 Å². The van der Waals surface area contributed by atoms with Crippen LogP contribution in [0.4, 0.5) is 5.69 Å². The summed E-state index contributed by atoms with van der Waals surface area (Å²) in [5, 5.41) is 13.9. The second-order valence-electron chi connectivity index (χ2n) is 7.08. The molecule has 0 aliphatic carbocycles. The third-order valence-corrected chi connectivity index (χ3v) is 4.85. The van der Waals surface area contributed by atoms with E-state index in [2.05, 4.69) is 15.3 Å². The van der Waals surface area contributed by atoms with Crippen molar-refractivity contribution in [3.63, 3.8) is 0 Å². The van der Waals surface area contributed by atoms with E-state index in [1.54, 1.807) is 18.2 Å². The van der Waals surface area contributed by atoms with E-state index in [1.807, 2.05) is 54.6 Å². The number of nitrogens with one attached hydrogen (secondary N) is 2. The Balaban J connectivity index is 1.55. The number of amides is 1. The number of nitrogens with zero attached hydrogens (tertiary/aromatic N) is 2. The molecule has 1 unspecified atom stereocenters. The summed E-state index contributed by atoms with van der Waals surface area (Å²) >= 11 is 0. The standard InChI is InChI=1S/C24H20N4O3/c29-23(14-13-18-9-6-10-19(15-18)28(30)31)25-22(16-17-7-2-1-3-8-17)24-26-20-11-4-5-12-21(20)27-24/h1-15,22H,16H2,(H,25,29)(H,26,27). The Labute approximate surface area is 178 Å². The van der Waals surface area contributed by atoms with E-state index in [0.717, 1.165) is 16.6 Å². The van der Waals surface area contributed by atoms with Gasteiger partial charge in [0.15, 0.2) is 0 Å². The third-order valence-electron chi connectivity index (χ3n) is 4.85. The van der Waals surface area contributed by atoms with Crippen molar-refractivity contribution in [3.05, 3.63) is 112 Å². The first-order chi connectivity index (χ1) is 15.1. The molecular weight excluding hydrogens is 392 g/mol. The smallest absolute Gasteiger partial charge is 0.270 e. The number of aromatic amines is 1. The van der Waals surface area contributed by atoms with E-state index < -0.39 is 4.92 Å². The normalized spacial score (nSPS) is 12.1. The molecule has 154 valence electrons. The lowest BCUT2D eigenvalue weighted by molar-refractivity contribution is -0.384. The maximum Gasteiger partial charge on any atom is 0.270 e. The molecule has 31 heavy (non-hydrogen) atoms. The fourth-order valence-electron chi connectivity index (χ4n) is 3.34. The number of H-pyrrole nitrogens is 1. The molecule has 0 spiro atoms. The Morgan fingerprint density at radius 3 is 2.61 bits per heavy atom. The van der Waals surface area contributed by atoms with Crippen LogP contribution in [0.25, 0.3) is 17.1 Å². The molecule has 1 atom stereocenters. The monoisotopic (exact) mass is 412 g/mol. The average Bonchev–Trinajstić information content (AvgIpc) is 3.22. The first-order valence-corrected chi connectivity index (χ1v) is 9.80. The highest BCUT2D eigenvalue weighted by molar-refractivity contribution is 5.92. The SMILES string of the molecule is O=C(C=Cc1cccc([N+](=O)[O-])c1)NC(Cc1ccccc1)c1nc2ccccc2[nH]1. The molecule has 4 aromatic rings. The fourth-order valence-corrected chi connectivity index (χ4v) is 3.34. The quantitative estimate of drug-likeness (QED) is 0.263. The number of nitro groups is 1. The van der Waals surface area contributed by atoms with Gasteiger partial charge < -0.3 is 10.3 Å². The van der Waals surface area contributed by atoms with Crippen molar-refractivity contribution in [1.82, 2.24) is 15.3 Å². The number of carbonyl (C=O) groups is 1. The Morgan fingerprint density at radius 2 is 1.84 bits per heavy atom. The van der Waals surface area contributed by atoms with Crippen LogP contribution in [-0.2, 0) is 11.2 Å². The fraction of sp³-hybridized carbons (Fsp3) is 0.0833. The largest absolute Gasteiger partial charge is 0.342 e. The van der Waals surface area contributed by atoms with Gasteiger partial charge in [-0.1, -0.05) is 54.6 Å². The van der Waals surface area contributed by atoms with Crippen LogP contribution < -0.4 is 5.32 Å². The first-order valence-electron chi connectivity index (χ1n) is 9.80. The molecule has 0 aliphatic heterocycles. The highest BCUT2D eigenvalue weighted by Crippen LogP contribution is 2.20. The number of carbonyl (C=O) groups excluding carboxylic acids is 1. The summed E-state index contributed by atoms with van der Waals surface area (Å²) in [6.45, 7) is 0. The molecule has 1 aromatic heterocycles. The lowest BCUT2D eigenvalue weighted by Crippen LogP contribution is -2.29. The minimum absolute atomic E-state index is 0.0215. The molecule has 0 bridgehead atoms. The molecule has 0 radical (unpaired) electrons. The van der Waals surface area contributed by atoms with Crippen molar-refractivity contribution in [1.29, 1.82) is 0 Å². The summed E-state index contributed by atoms with van der Waals surface area (Å²) in [5.74, 6) is 0.357. The molecule has 0 saturated carbocycles. The van der Waals surface area contributed by atoms with Crippen LogP contribution in [0.15, 0.2) is 84.9 Å². The molecule has 0 fully saturated rings. The summed E-state index contributed by atoms with van der Waals surface area (Å²) in [7, 11) is 0. The molecule has 7 heteroatoms. The number of hydrogen-bond donors (Lipinski definition) is 2. The zero-order valence-corrected chi connectivity index (χ0v) is 16.6. The van der Waals surface area contributed by atoms with Crippen molar-refractivity contribution in [2.45, 2.75) is 12.5 Å². The van der Waals surface area contributed by atoms with E-state index in [9.17, 15) is 14.9 Å². The van der Waals surface area contributed by atoms with Gasteiger partial charge in [0.1, 0.15) is 5.82 Å². The lowest BCUT2D eigenvalue weighted by Gasteiger charge is -2.16. The number of fused-ring (bicyclic) bond motifs is 1. The summed E-state index contributed by atoms with van der Waals surface area (Å²) in [6, 6.07) is 23.3. The van der Waals surface area contributed by atoms with Gasteiger partial charge in [-0.25, -0.2) is 4.98 Å². The number of para-hydroxylation sites is 2. The summed E-state index contributed by atoms with van der Waals surface area (Å²) in [6.07, 6.45) is 3.50.